The number of nitrogens with zero attached hydrogens (tertiary/aromatic N) is 1. The molecular weight excluding hydrogens is 336 g/mol. The number of halogens is 1. The summed E-state index contributed by atoms with van der Waals surface area (Å²) >= 11 is 5.85. The van der Waals surface area contributed by atoms with Crippen molar-refractivity contribution in [1.29, 1.82) is 0 Å². The summed E-state index contributed by atoms with van der Waals surface area (Å²) in [6.45, 7) is 4.35. The van der Waals surface area contributed by atoms with Crippen molar-refractivity contribution in [2.75, 3.05) is 6.61 Å². The van der Waals surface area contributed by atoms with Crippen LogP contribution in [0.15, 0.2) is 48.5 Å². The van der Waals surface area contributed by atoms with Crippen molar-refractivity contribution in [3.63, 3.8) is 0 Å². The summed E-state index contributed by atoms with van der Waals surface area (Å²) in [7, 11) is 1.90. The molecule has 25 heavy (non-hydrogen) atoms. The standard InChI is InChI=1S/C20H21ClN2O2/c1-13-4-9-18-15(10-13)11-19(23(18)3)20(24)22-14(2)12-25-17-7-5-16(21)6-8-17/h4-11,14H,12H2,1-3H3,(H,22,24)/t14-/m0/s1. The van der Waals surface area contributed by atoms with Crippen molar-refractivity contribution in [3.05, 3.63) is 64.8 Å². The number of rotatable bonds is 5. The number of fused-ring (bicyclic) bond motifs is 1. The molecule has 0 bridgehead atoms. The fourth-order valence-corrected chi connectivity index (χ4v) is 2.90. The molecule has 0 spiro atoms. The van der Waals surface area contributed by atoms with Gasteiger partial charge in [0.15, 0.2) is 0 Å². The normalized spacial score (nSPS) is 12.2. The summed E-state index contributed by atoms with van der Waals surface area (Å²) in [4.78, 5) is 12.6. The number of carbonyl (C=O) groups is 1. The Morgan fingerprint density at radius 1 is 1.20 bits per heavy atom. The molecule has 3 aromatic rings. The van der Waals surface area contributed by atoms with Crippen LogP contribution in [0.1, 0.15) is 23.0 Å². The molecule has 0 unspecified atom stereocenters. The molecule has 0 saturated carbocycles. The number of hydrogen-bond donors (Lipinski definition) is 1. The first-order chi connectivity index (χ1) is 11.9. The minimum absolute atomic E-state index is 0.108. The third-order valence-electron chi connectivity index (χ3n) is 4.12. The third-order valence-corrected chi connectivity index (χ3v) is 4.37. The molecule has 5 heteroatoms. The quantitative estimate of drug-likeness (QED) is 0.739. The molecule has 1 atom stereocenters. The molecule has 0 aliphatic heterocycles. The second-order valence-electron chi connectivity index (χ2n) is 6.29. The fraction of sp³-hybridized carbons (Fsp3) is 0.250. The van der Waals surface area contributed by atoms with Gasteiger partial charge in [-0.05, 0) is 56.3 Å². The summed E-state index contributed by atoms with van der Waals surface area (Å²) in [6.07, 6.45) is 0. The zero-order valence-electron chi connectivity index (χ0n) is 14.5. The molecule has 1 heterocycles. The Hall–Kier alpha value is -2.46. The Bertz CT molecular complexity index is 900. The molecule has 0 aliphatic carbocycles. The topological polar surface area (TPSA) is 43.3 Å². The summed E-state index contributed by atoms with van der Waals surface area (Å²) in [6, 6.07) is 15.1. The lowest BCUT2D eigenvalue weighted by Crippen LogP contribution is -2.37. The zero-order valence-corrected chi connectivity index (χ0v) is 15.3. The lowest BCUT2D eigenvalue weighted by Gasteiger charge is -2.15. The second kappa shape index (κ2) is 7.19. The predicted molar refractivity (Wildman–Crippen MR) is 102 cm³/mol. The summed E-state index contributed by atoms with van der Waals surface area (Å²) in [5, 5.41) is 4.72. The maximum Gasteiger partial charge on any atom is 0.268 e. The van der Waals surface area contributed by atoms with E-state index in [1.807, 2.05) is 55.8 Å². The molecule has 3 rings (SSSR count). The van der Waals surface area contributed by atoms with E-state index in [-0.39, 0.29) is 11.9 Å². The van der Waals surface area contributed by atoms with E-state index < -0.39 is 0 Å². The van der Waals surface area contributed by atoms with Crippen LogP contribution in [0.4, 0.5) is 0 Å². The molecule has 0 fully saturated rings. The number of aromatic nitrogens is 1. The lowest BCUT2D eigenvalue weighted by atomic mass is 10.2. The summed E-state index contributed by atoms with van der Waals surface area (Å²) < 4.78 is 7.60. The minimum atomic E-state index is -0.122. The first-order valence-electron chi connectivity index (χ1n) is 8.19. The van der Waals surface area contributed by atoms with Crippen molar-refractivity contribution in [1.82, 2.24) is 9.88 Å². The number of amides is 1. The molecule has 1 amide bonds. The predicted octanol–water partition coefficient (Wildman–Crippen LogP) is 4.34. The van der Waals surface area contributed by atoms with Gasteiger partial charge in [0.1, 0.15) is 18.1 Å². The number of aryl methyl sites for hydroxylation is 2. The average Bonchev–Trinajstić information content (AvgIpc) is 2.90. The molecule has 1 N–H and O–H groups in total. The zero-order chi connectivity index (χ0) is 18.0. The maximum atomic E-state index is 12.6. The number of benzene rings is 2. The number of nitrogens with one attached hydrogen (secondary N) is 1. The largest absolute Gasteiger partial charge is 0.491 e. The second-order valence-corrected chi connectivity index (χ2v) is 6.73. The van der Waals surface area contributed by atoms with Gasteiger partial charge in [0.25, 0.3) is 5.91 Å². The van der Waals surface area contributed by atoms with E-state index in [1.165, 1.54) is 5.56 Å². The van der Waals surface area contributed by atoms with Gasteiger partial charge in [-0.1, -0.05) is 23.2 Å². The number of carbonyl (C=O) groups excluding carboxylic acids is 1. The van der Waals surface area contributed by atoms with Crippen molar-refractivity contribution < 1.29 is 9.53 Å². The molecule has 2 aromatic carbocycles. The van der Waals surface area contributed by atoms with Crippen LogP contribution >= 0.6 is 11.6 Å². The number of ether oxygens (including phenoxy) is 1. The fourth-order valence-electron chi connectivity index (χ4n) is 2.78. The van der Waals surface area contributed by atoms with E-state index in [0.29, 0.717) is 17.3 Å². The van der Waals surface area contributed by atoms with Gasteiger partial charge >= 0.3 is 0 Å². The van der Waals surface area contributed by atoms with Gasteiger partial charge in [-0.25, -0.2) is 0 Å². The van der Waals surface area contributed by atoms with Crippen LogP contribution in [-0.2, 0) is 7.05 Å². The summed E-state index contributed by atoms with van der Waals surface area (Å²) in [5.41, 5.74) is 2.86. The molecule has 0 radical (unpaired) electrons. The van der Waals surface area contributed by atoms with Crippen molar-refractivity contribution in [2.24, 2.45) is 7.05 Å². The van der Waals surface area contributed by atoms with E-state index in [4.69, 9.17) is 16.3 Å². The SMILES string of the molecule is Cc1ccc2c(c1)cc(C(=O)N[C@@H](C)COc1ccc(Cl)cc1)n2C. The Morgan fingerprint density at radius 2 is 1.92 bits per heavy atom. The lowest BCUT2D eigenvalue weighted by molar-refractivity contribution is 0.0919. The van der Waals surface area contributed by atoms with Crippen LogP contribution < -0.4 is 10.1 Å². The molecule has 4 nitrogen and oxygen atoms in total. The molecule has 0 saturated heterocycles. The van der Waals surface area contributed by atoms with Crippen molar-refractivity contribution >= 4 is 28.4 Å². The highest BCUT2D eigenvalue weighted by molar-refractivity contribution is 6.30. The van der Waals surface area contributed by atoms with Crippen molar-refractivity contribution in [3.8, 4) is 5.75 Å². The van der Waals surface area contributed by atoms with Gasteiger partial charge < -0.3 is 14.6 Å². The van der Waals surface area contributed by atoms with E-state index in [9.17, 15) is 4.79 Å². The highest BCUT2D eigenvalue weighted by Gasteiger charge is 2.15. The van der Waals surface area contributed by atoms with E-state index >= 15 is 0 Å². The number of hydrogen-bond acceptors (Lipinski definition) is 2. The maximum absolute atomic E-state index is 12.6. The smallest absolute Gasteiger partial charge is 0.268 e. The van der Waals surface area contributed by atoms with Crippen LogP contribution in [0.25, 0.3) is 10.9 Å². The summed E-state index contributed by atoms with van der Waals surface area (Å²) in [5.74, 6) is 0.620. The van der Waals surface area contributed by atoms with Crippen LogP contribution in [0, 0.1) is 6.92 Å². The van der Waals surface area contributed by atoms with Gasteiger partial charge in [-0.2, -0.15) is 0 Å². The monoisotopic (exact) mass is 356 g/mol. The molecule has 0 aliphatic rings. The molecule has 130 valence electrons. The van der Waals surface area contributed by atoms with Crippen LogP contribution in [0.2, 0.25) is 5.02 Å². The van der Waals surface area contributed by atoms with Crippen molar-refractivity contribution in [2.45, 2.75) is 19.9 Å². The van der Waals surface area contributed by atoms with E-state index in [0.717, 1.165) is 16.7 Å². The Labute approximate surface area is 152 Å². The Balaban J connectivity index is 1.65. The Morgan fingerprint density at radius 3 is 2.64 bits per heavy atom. The van der Waals surface area contributed by atoms with Gasteiger partial charge in [-0.15, -0.1) is 0 Å². The van der Waals surface area contributed by atoms with Crippen LogP contribution in [0.5, 0.6) is 5.75 Å². The van der Waals surface area contributed by atoms with E-state index in [2.05, 4.69) is 11.4 Å². The first kappa shape index (κ1) is 17.4. The highest BCUT2D eigenvalue weighted by atomic mass is 35.5. The highest BCUT2D eigenvalue weighted by Crippen LogP contribution is 2.20. The Kier molecular flexibility index (Phi) is 5.00. The van der Waals surface area contributed by atoms with Gasteiger partial charge in [0.05, 0.1) is 6.04 Å². The van der Waals surface area contributed by atoms with Gasteiger partial charge in [0, 0.05) is 23.0 Å². The first-order valence-corrected chi connectivity index (χ1v) is 8.57. The van der Waals surface area contributed by atoms with Crippen LogP contribution in [-0.4, -0.2) is 23.1 Å². The molecule has 1 aromatic heterocycles. The minimum Gasteiger partial charge on any atom is -0.491 e. The van der Waals surface area contributed by atoms with Gasteiger partial charge in [0.2, 0.25) is 0 Å². The third kappa shape index (κ3) is 3.97. The van der Waals surface area contributed by atoms with E-state index in [1.54, 1.807) is 12.1 Å². The van der Waals surface area contributed by atoms with Crippen LogP contribution in [0.3, 0.4) is 0 Å². The average molecular weight is 357 g/mol. The van der Waals surface area contributed by atoms with Gasteiger partial charge in [-0.3, -0.25) is 4.79 Å². The molecular formula is C20H21ClN2O2.